The van der Waals surface area contributed by atoms with Gasteiger partial charge in [-0.3, -0.25) is 0 Å². The quantitative estimate of drug-likeness (QED) is 0.481. The molecule has 0 N–H and O–H groups in total. The van der Waals surface area contributed by atoms with Crippen LogP contribution in [0.5, 0.6) is 5.75 Å². The summed E-state index contributed by atoms with van der Waals surface area (Å²) in [4.78, 5) is 0. The van der Waals surface area contributed by atoms with E-state index in [9.17, 15) is 0 Å². The first-order valence-electron chi connectivity index (χ1n) is 6.42. The number of ether oxygens (including phenoxy) is 4. The Morgan fingerprint density at radius 3 is 2.42 bits per heavy atom. The van der Waals surface area contributed by atoms with E-state index in [1.54, 1.807) is 6.08 Å². The molecule has 0 aliphatic carbocycles. The molecule has 0 aliphatic rings. The molecule has 106 valence electrons. The molecule has 4 heteroatoms. The van der Waals surface area contributed by atoms with Crippen molar-refractivity contribution < 1.29 is 18.9 Å². The topological polar surface area (TPSA) is 36.9 Å². The average Bonchev–Trinajstić information content (AvgIpc) is 2.44. The summed E-state index contributed by atoms with van der Waals surface area (Å²) in [6.07, 6.45) is 1.78. The fourth-order valence-electron chi connectivity index (χ4n) is 1.47. The standard InChI is InChI=1S/C15H22O4/c1-4-13-7-14(10-18-11-16-5-2)9-15(8-13)19-12-17-6-3/h4,7-9H,1,5-6,10-12H2,2-3H3. The minimum atomic E-state index is 0.246. The molecule has 1 aromatic rings. The lowest BCUT2D eigenvalue weighted by Crippen LogP contribution is -2.04. The lowest BCUT2D eigenvalue weighted by Gasteiger charge is -2.10. The molecule has 0 heterocycles. The molecule has 4 nitrogen and oxygen atoms in total. The third kappa shape index (κ3) is 6.38. The maximum Gasteiger partial charge on any atom is 0.189 e. The molecule has 0 aliphatic heterocycles. The third-order valence-corrected chi connectivity index (χ3v) is 2.38. The molecule has 0 saturated carbocycles. The predicted octanol–water partition coefficient (Wildman–Crippen LogP) is 3.21. The number of hydrogen-bond donors (Lipinski definition) is 0. The number of benzene rings is 1. The highest BCUT2D eigenvalue weighted by Gasteiger charge is 2.01. The Hall–Kier alpha value is -1.36. The van der Waals surface area contributed by atoms with E-state index in [1.165, 1.54) is 0 Å². The van der Waals surface area contributed by atoms with Crippen LogP contribution >= 0.6 is 0 Å². The van der Waals surface area contributed by atoms with Gasteiger partial charge >= 0.3 is 0 Å². The van der Waals surface area contributed by atoms with E-state index in [-0.39, 0.29) is 6.79 Å². The van der Waals surface area contributed by atoms with Gasteiger partial charge in [-0.1, -0.05) is 12.7 Å². The summed E-state index contributed by atoms with van der Waals surface area (Å²) in [5, 5.41) is 0. The third-order valence-electron chi connectivity index (χ3n) is 2.38. The molecule has 0 saturated heterocycles. The second kappa shape index (κ2) is 9.55. The Kier molecular flexibility index (Phi) is 7.89. The lowest BCUT2D eigenvalue weighted by molar-refractivity contribution is -0.0572. The summed E-state index contributed by atoms with van der Waals surface area (Å²) in [6, 6.07) is 5.85. The van der Waals surface area contributed by atoms with Gasteiger partial charge in [0.15, 0.2) is 6.79 Å². The van der Waals surface area contributed by atoms with Crippen LogP contribution in [0.4, 0.5) is 0 Å². The zero-order valence-corrected chi connectivity index (χ0v) is 11.7. The van der Waals surface area contributed by atoms with Crippen LogP contribution in [0.25, 0.3) is 6.08 Å². The molecule has 1 rings (SSSR count). The monoisotopic (exact) mass is 266 g/mol. The van der Waals surface area contributed by atoms with Crippen molar-refractivity contribution in [2.75, 3.05) is 26.8 Å². The SMILES string of the molecule is C=Cc1cc(COCOCC)cc(OCOCC)c1. The molecule has 1 aromatic carbocycles. The number of rotatable bonds is 10. The highest BCUT2D eigenvalue weighted by molar-refractivity contribution is 5.51. The second-order valence-electron chi connectivity index (χ2n) is 3.83. The molecule has 0 amide bonds. The molecule has 19 heavy (non-hydrogen) atoms. The Labute approximate surface area is 114 Å². The summed E-state index contributed by atoms with van der Waals surface area (Å²) < 4.78 is 21.2. The van der Waals surface area contributed by atoms with Crippen LogP contribution in [0.15, 0.2) is 24.8 Å². The minimum Gasteiger partial charge on any atom is -0.468 e. The average molecular weight is 266 g/mol. The van der Waals surface area contributed by atoms with Crippen LogP contribution in [0.1, 0.15) is 25.0 Å². The van der Waals surface area contributed by atoms with Gasteiger partial charge in [0.25, 0.3) is 0 Å². The second-order valence-corrected chi connectivity index (χ2v) is 3.83. The first kappa shape index (κ1) is 15.7. The van der Waals surface area contributed by atoms with Crippen LogP contribution in [0.3, 0.4) is 0 Å². The lowest BCUT2D eigenvalue weighted by atomic mass is 10.1. The molecule has 0 radical (unpaired) electrons. The Bertz CT molecular complexity index is 376. The van der Waals surface area contributed by atoms with Crippen molar-refractivity contribution in [2.24, 2.45) is 0 Å². The molecular formula is C15H22O4. The van der Waals surface area contributed by atoms with Crippen molar-refractivity contribution in [3.8, 4) is 5.75 Å². The van der Waals surface area contributed by atoms with Crippen LogP contribution < -0.4 is 4.74 Å². The molecular weight excluding hydrogens is 244 g/mol. The summed E-state index contributed by atoms with van der Waals surface area (Å²) in [5.74, 6) is 0.751. The summed E-state index contributed by atoms with van der Waals surface area (Å²) in [6.45, 7) is 9.93. The highest BCUT2D eigenvalue weighted by atomic mass is 16.7. The fraction of sp³-hybridized carbons (Fsp3) is 0.467. The smallest absolute Gasteiger partial charge is 0.189 e. The fourth-order valence-corrected chi connectivity index (χ4v) is 1.47. The van der Waals surface area contributed by atoms with E-state index in [1.807, 2.05) is 32.0 Å². The van der Waals surface area contributed by atoms with E-state index in [0.29, 0.717) is 26.6 Å². The summed E-state index contributed by atoms with van der Waals surface area (Å²) in [7, 11) is 0. The zero-order chi connectivity index (χ0) is 13.9. The molecule has 0 bridgehead atoms. The van der Waals surface area contributed by atoms with E-state index in [2.05, 4.69) is 6.58 Å². The van der Waals surface area contributed by atoms with Gasteiger partial charge in [0.2, 0.25) is 0 Å². The first-order valence-corrected chi connectivity index (χ1v) is 6.42. The van der Waals surface area contributed by atoms with Gasteiger partial charge in [0.1, 0.15) is 12.5 Å². The van der Waals surface area contributed by atoms with E-state index in [0.717, 1.165) is 16.9 Å². The van der Waals surface area contributed by atoms with E-state index >= 15 is 0 Å². The Balaban J connectivity index is 2.58. The van der Waals surface area contributed by atoms with Gasteiger partial charge in [0, 0.05) is 13.2 Å². The molecule has 0 spiro atoms. The summed E-state index contributed by atoms with van der Waals surface area (Å²) in [5.41, 5.74) is 2.01. The highest BCUT2D eigenvalue weighted by Crippen LogP contribution is 2.19. The zero-order valence-electron chi connectivity index (χ0n) is 11.7. The van der Waals surface area contributed by atoms with Crippen molar-refractivity contribution in [1.29, 1.82) is 0 Å². The largest absolute Gasteiger partial charge is 0.468 e. The predicted molar refractivity (Wildman–Crippen MR) is 74.9 cm³/mol. The summed E-state index contributed by atoms with van der Waals surface area (Å²) >= 11 is 0. The molecule has 0 aromatic heterocycles. The van der Waals surface area contributed by atoms with E-state index in [4.69, 9.17) is 18.9 Å². The van der Waals surface area contributed by atoms with Crippen molar-refractivity contribution in [3.05, 3.63) is 35.9 Å². The van der Waals surface area contributed by atoms with E-state index < -0.39 is 0 Å². The minimum absolute atomic E-state index is 0.246. The van der Waals surface area contributed by atoms with Crippen LogP contribution in [-0.4, -0.2) is 26.8 Å². The molecule has 0 atom stereocenters. The normalized spacial score (nSPS) is 10.4. The maximum absolute atomic E-state index is 5.50. The maximum atomic E-state index is 5.50. The van der Waals surface area contributed by atoms with Crippen LogP contribution in [-0.2, 0) is 20.8 Å². The van der Waals surface area contributed by atoms with Crippen molar-refractivity contribution >= 4 is 6.08 Å². The molecule has 0 unspecified atom stereocenters. The van der Waals surface area contributed by atoms with Gasteiger partial charge in [0.05, 0.1) is 6.61 Å². The molecule has 0 fully saturated rings. The van der Waals surface area contributed by atoms with Gasteiger partial charge < -0.3 is 18.9 Å². The van der Waals surface area contributed by atoms with Crippen molar-refractivity contribution in [3.63, 3.8) is 0 Å². The first-order chi connectivity index (χ1) is 9.30. The van der Waals surface area contributed by atoms with Gasteiger partial charge in [-0.05, 0) is 43.2 Å². The van der Waals surface area contributed by atoms with Crippen molar-refractivity contribution in [1.82, 2.24) is 0 Å². The van der Waals surface area contributed by atoms with Crippen LogP contribution in [0.2, 0.25) is 0 Å². The van der Waals surface area contributed by atoms with Crippen molar-refractivity contribution in [2.45, 2.75) is 20.5 Å². The van der Waals surface area contributed by atoms with Gasteiger partial charge in [-0.25, -0.2) is 0 Å². The van der Waals surface area contributed by atoms with Gasteiger partial charge in [-0.2, -0.15) is 0 Å². The Morgan fingerprint density at radius 2 is 1.74 bits per heavy atom. The Morgan fingerprint density at radius 1 is 1.00 bits per heavy atom. The van der Waals surface area contributed by atoms with Crippen LogP contribution in [0, 0.1) is 0 Å². The number of hydrogen-bond acceptors (Lipinski definition) is 4. The van der Waals surface area contributed by atoms with Gasteiger partial charge in [-0.15, -0.1) is 0 Å².